The Balaban J connectivity index is 1.87. The van der Waals surface area contributed by atoms with Gasteiger partial charge < -0.3 is 20.1 Å². The van der Waals surface area contributed by atoms with Crippen LogP contribution in [0.15, 0.2) is 48.8 Å². The number of aromatic carboxylic acids is 1. The number of aromatic amines is 1. The first-order valence-electron chi connectivity index (χ1n) is 7.56. The summed E-state index contributed by atoms with van der Waals surface area (Å²) in [4.78, 5) is 22.9. The van der Waals surface area contributed by atoms with Crippen molar-refractivity contribution in [3.8, 4) is 5.75 Å². The zero-order valence-electron chi connectivity index (χ0n) is 13.3. The number of benzene rings is 1. The first-order chi connectivity index (χ1) is 12.2. The highest BCUT2D eigenvalue weighted by atomic mass is 16.5. The van der Waals surface area contributed by atoms with E-state index in [1.165, 1.54) is 6.07 Å². The van der Waals surface area contributed by atoms with Gasteiger partial charge in [0.15, 0.2) is 0 Å². The van der Waals surface area contributed by atoms with Gasteiger partial charge in [0, 0.05) is 28.9 Å². The van der Waals surface area contributed by atoms with E-state index in [1.807, 2.05) is 30.3 Å². The number of fused-ring (bicyclic) bond motifs is 3. The number of hydrogen-bond acceptors (Lipinski definition) is 5. The Labute approximate surface area is 142 Å². The van der Waals surface area contributed by atoms with Crippen LogP contribution in [0.1, 0.15) is 10.5 Å². The topological polar surface area (TPSA) is 100 Å². The summed E-state index contributed by atoms with van der Waals surface area (Å²) in [6.45, 7) is 0. The Morgan fingerprint density at radius 3 is 2.72 bits per heavy atom. The SMILES string of the molecule is COc1ccc(Nc2nc3cc(C(=O)O)[nH]c3c3cnccc23)cc1. The molecular weight excluding hydrogens is 320 g/mol. The van der Waals surface area contributed by atoms with E-state index in [2.05, 4.69) is 20.3 Å². The van der Waals surface area contributed by atoms with Crippen LogP contribution in [0.4, 0.5) is 11.5 Å². The zero-order valence-corrected chi connectivity index (χ0v) is 13.3. The highest BCUT2D eigenvalue weighted by Crippen LogP contribution is 2.30. The fraction of sp³-hybridized carbons (Fsp3) is 0.0556. The monoisotopic (exact) mass is 334 g/mol. The average molecular weight is 334 g/mol. The minimum Gasteiger partial charge on any atom is -0.497 e. The van der Waals surface area contributed by atoms with Crippen molar-refractivity contribution in [3.05, 3.63) is 54.5 Å². The van der Waals surface area contributed by atoms with Gasteiger partial charge in [-0.3, -0.25) is 4.98 Å². The molecule has 0 fully saturated rings. The van der Waals surface area contributed by atoms with Gasteiger partial charge in [-0.1, -0.05) is 0 Å². The predicted molar refractivity (Wildman–Crippen MR) is 94.6 cm³/mol. The molecule has 0 spiro atoms. The summed E-state index contributed by atoms with van der Waals surface area (Å²) in [5, 5.41) is 14.1. The number of methoxy groups -OCH3 is 1. The van der Waals surface area contributed by atoms with Crippen molar-refractivity contribution in [2.75, 3.05) is 12.4 Å². The van der Waals surface area contributed by atoms with E-state index < -0.39 is 5.97 Å². The van der Waals surface area contributed by atoms with Crippen LogP contribution in [0.25, 0.3) is 21.8 Å². The lowest BCUT2D eigenvalue weighted by molar-refractivity contribution is 0.0691. The van der Waals surface area contributed by atoms with Gasteiger partial charge in [-0.05, 0) is 36.4 Å². The molecule has 0 amide bonds. The van der Waals surface area contributed by atoms with Gasteiger partial charge in [0.2, 0.25) is 0 Å². The molecule has 0 bridgehead atoms. The van der Waals surface area contributed by atoms with E-state index >= 15 is 0 Å². The Morgan fingerprint density at radius 2 is 2.00 bits per heavy atom. The molecule has 124 valence electrons. The number of ether oxygens (including phenoxy) is 1. The number of hydrogen-bond donors (Lipinski definition) is 3. The largest absolute Gasteiger partial charge is 0.497 e. The fourth-order valence-electron chi connectivity index (χ4n) is 2.74. The van der Waals surface area contributed by atoms with Crippen molar-refractivity contribution < 1.29 is 14.6 Å². The molecular formula is C18H14N4O3. The molecule has 1 aromatic carbocycles. The lowest BCUT2D eigenvalue weighted by Gasteiger charge is -2.10. The fourth-order valence-corrected chi connectivity index (χ4v) is 2.74. The number of H-pyrrole nitrogens is 1. The second-order valence-corrected chi connectivity index (χ2v) is 5.48. The lowest BCUT2D eigenvalue weighted by atomic mass is 10.2. The third-order valence-corrected chi connectivity index (χ3v) is 3.96. The van der Waals surface area contributed by atoms with Gasteiger partial charge in [-0.25, -0.2) is 9.78 Å². The molecule has 0 aliphatic heterocycles. The number of nitrogens with one attached hydrogen (secondary N) is 2. The van der Waals surface area contributed by atoms with Crippen LogP contribution in [0.5, 0.6) is 5.75 Å². The normalized spacial score (nSPS) is 10.9. The molecule has 0 unspecified atom stereocenters. The van der Waals surface area contributed by atoms with Crippen LogP contribution in [0.3, 0.4) is 0 Å². The van der Waals surface area contributed by atoms with E-state index in [-0.39, 0.29) is 5.69 Å². The van der Waals surface area contributed by atoms with Gasteiger partial charge in [-0.15, -0.1) is 0 Å². The van der Waals surface area contributed by atoms with Crippen LogP contribution < -0.4 is 10.1 Å². The van der Waals surface area contributed by atoms with Crippen molar-refractivity contribution in [1.82, 2.24) is 15.0 Å². The Hall–Kier alpha value is -3.61. The minimum atomic E-state index is -1.03. The maximum absolute atomic E-state index is 11.2. The van der Waals surface area contributed by atoms with E-state index in [0.29, 0.717) is 16.9 Å². The summed E-state index contributed by atoms with van der Waals surface area (Å²) >= 11 is 0. The summed E-state index contributed by atoms with van der Waals surface area (Å²) < 4.78 is 5.16. The van der Waals surface area contributed by atoms with E-state index in [9.17, 15) is 9.90 Å². The molecule has 3 N–H and O–H groups in total. The molecule has 25 heavy (non-hydrogen) atoms. The Kier molecular flexibility index (Phi) is 3.46. The number of rotatable bonds is 4. The Morgan fingerprint density at radius 1 is 1.20 bits per heavy atom. The number of carboxylic acids is 1. The Bertz CT molecular complexity index is 1090. The number of aromatic nitrogens is 3. The van der Waals surface area contributed by atoms with Crippen molar-refractivity contribution in [1.29, 1.82) is 0 Å². The predicted octanol–water partition coefficient (Wildman–Crippen LogP) is 3.56. The molecule has 0 aliphatic rings. The number of carboxylic acid groups (broad SMARTS) is 1. The third-order valence-electron chi connectivity index (χ3n) is 3.96. The second kappa shape index (κ2) is 5.79. The van der Waals surface area contributed by atoms with Crippen molar-refractivity contribution in [3.63, 3.8) is 0 Å². The summed E-state index contributed by atoms with van der Waals surface area (Å²) in [7, 11) is 1.62. The van der Waals surface area contributed by atoms with Crippen LogP contribution in [-0.2, 0) is 0 Å². The van der Waals surface area contributed by atoms with Crippen molar-refractivity contribution >= 4 is 39.3 Å². The zero-order chi connectivity index (χ0) is 17.4. The van der Waals surface area contributed by atoms with E-state index in [4.69, 9.17) is 4.74 Å². The second-order valence-electron chi connectivity index (χ2n) is 5.48. The molecule has 7 nitrogen and oxygen atoms in total. The minimum absolute atomic E-state index is 0.0919. The summed E-state index contributed by atoms with van der Waals surface area (Å²) in [6.07, 6.45) is 3.37. The molecule has 7 heteroatoms. The van der Waals surface area contributed by atoms with Gasteiger partial charge in [0.25, 0.3) is 0 Å². The van der Waals surface area contributed by atoms with Crippen LogP contribution in [0.2, 0.25) is 0 Å². The molecule has 0 radical (unpaired) electrons. The molecule has 4 rings (SSSR count). The number of anilines is 2. The first kappa shape index (κ1) is 14.9. The summed E-state index contributed by atoms with van der Waals surface area (Å²) in [5.41, 5.74) is 2.16. The number of carbonyl (C=O) groups is 1. The first-order valence-corrected chi connectivity index (χ1v) is 7.56. The van der Waals surface area contributed by atoms with Gasteiger partial charge in [-0.2, -0.15) is 0 Å². The maximum atomic E-state index is 11.2. The summed E-state index contributed by atoms with van der Waals surface area (Å²) in [5.74, 6) is 0.366. The van der Waals surface area contributed by atoms with Crippen LogP contribution in [-0.4, -0.2) is 33.1 Å². The highest BCUT2D eigenvalue weighted by molar-refractivity contribution is 6.10. The number of nitrogens with zero attached hydrogens (tertiary/aromatic N) is 2. The van der Waals surface area contributed by atoms with Crippen molar-refractivity contribution in [2.45, 2.75) is 0 Å². The lowest BCUT2D eigenvalue weighted by Crippen LogP contribution is -1.96. The summed E-state index contributed by atoms with van der Waals surface area (Å²) in [6, 6.07) is 10.8. The van der Waals surface area contributed by atoms with Gasteiger partial charge in [0.1, 0.15) is 17.3 Å². The average Bonchev–Trinajstić information content (AvgIpc) is 3.07. The maximum Gasteiger partial charge on any atom is 0.352 e. The van der Waals surface area contributed by atoms with Gasteiger partial charge >= 0.3 is 5.97 Å². The van der Waals surface area contributed by atoms with E-state index in [0.717, 1.165) is 22.2 Å². The molecule has 0 saturated carbocycles. The number of pyridine rings is 2. The molecule has 4 aromatic rings. The quantitative estimate of drug-likeness (QED) is 0.527. The highest BCUT2D eigenvalue weighted by Gasteiger charge is 2.14. The standard InChI is InChI=1S/C18H14N4O3/c1-25-11-4-2-10(3-5-11)20-17-12-6-7-19-9-13(12)16-14(22-17)8-15(21-16)18(23)24/h2-9,21H,1H3,(H,20,22)(H,23,24). The molecule has 0 saturated heterocycles. The van der Waals surface area contributed by atoms with Crippen LogP contribution in [0, 0.1) is 0 Å². The van der Waals surface area contributed by atoms with Crippen molar-refractivity contribution in [2.24, 2.45) is 0 Å². The molecule has 0 aliphatic carbocycles. The molecule has 3 aromatic heterocycles. The molecule has 3 heterocycles. The third kappa shape index (κ3) is 2.61. The van der Waals surface area contributed by atoms with E-state index in [1.54, 1.807) is 19.5 Å². The smallest absolute Gasteiger partial charge is 0.352 e. The van der Waals surface area contributed by atoms with Crippen LogP contribution >= 0.6 is 0 Å². The molecule has 0 atom stereocenters. The van der Waals surface area contributed by atoms with Gasteiger partial charge in [0.05, 0.1) is 18.1 Å².